The molecular formula is C12H16F2N2O2. The average molecular weight is 258 g/mol. The molecule has 1 aromatic carbocycles. The molecular weight excluding hydrogens is 242 g/mol. The van der Waals surface area contributed by atoms with Crippen LogP contribution in [-0.2, 0) is 11.2 Å². The Hall–Kier alpha value is -1.53. The number of carbonyl (C=O) groups is 1. The quantitative estimate of drug-likeness (QED) is 0.635. The zero-order chi connectivity index (χ0) is 13.5. The molecule has 1 aromatic rings. The molecule has 0 heterocycles. The van der Waals surface area contributed by atoms with E-state index in [0.29, 0.717) is 31.5 Å². The van der Waals surface area contributed by atoms with Crippen LogP contribution in [0.2, 0.25) is 0 Å². The minimum atomic E-state index is -1.05. The van der Waals surface area contributed by atoms with E-state index in [4.69, 9.17) is 10.8 Å². The van der Waals surface area contributed by atoms with Gasteiger partial charge < -0.3 is 16.2 Å². The Labute approximate surface area is 104 Å². The Morgan fingerprint density at radius 3 is 2.78 bits per heavy atom. The van der Waals surface area contributed by atoms with E-state index in [-0.39, 0.29) is 0 Å². The Morgan fingerprint density at radius 1 is 1.39 bits per heavy atom. The fourth-order valence-electron chi connectivity index (χ4n) is 1.46. The summed E-state index contributed by atoms with van der Waals surface area (Å²) in [5.74, 6) is -1.97. The summed E-state index contributed by atoms with van der Waals surface area (Å²) in [6.07, 6.45) is 0.632. The third-order valence-corrected chi connectivity index (χ3v) is 2.53. The highest BCUT2D eigenvalue weighted by Crippen LogP contribution is 2.09. The summed E-state index contributed by atoms with van der Waals surface area (Å²) in [7, 11) is 0. The van der Waals surface area contributed by atoms with Crippen molar-refractivity contribution in [3.8, 4) is 0 Å². The van der Waals surface area contributed by atoms with Gasteiger partial charge in [-0.25, -0.2) is 8.78 Å². The average Bonchev–Trinajstić information content (AvgIpc) is 2.32. The van der Waals surface area contributed by atoms with Crippen LogP contribution in [0.5, 0.6) is 0 Å². The SMILES string of the molecule is NC(CCNCCc1cc(F)ccc1F)C(=O)O. The van der Waals surface area contributed by atoms with Crippen LogP contribution in [0.4, 0.5) is 8.78 Å². The molecule has 100 valence electrons. The first-order chi connectivity index (χ1) is 8.50. The van der Waals surface area contributed by atoms with Gasteiger partial charge in [0.05, 0.1) is 0 Å². The molecule has 0 saturated heterocycles. The number of hydrogen-bond acceptors (Lipinski definition) is 3. The largest absolute Gasteiger partial charge is 0.480 e. The predicted octanol–water partition coefficient (Wildman–Crippen LogP) is 0.899. The predicted molar refractivity (Wildman–Crippen MR) is 63.2 cm³/mol. The molecule has 0 amide bonds. The summed E-state index contributed by atoms with van der Waals surface area (Å²) in [5, 5.41) is 11.5. The van der Waals surface area contributed by atoms with Gasteiger partial charge in [-0.2, -0.15) is 0 Å². The minimum absolute atomic E-state index is 0.293. The van der Waals surface area contributed by atoms with Gasteiger partial charge in [0.1, 0.15) is 17.7 Å². The maximum atomic E-state index is 13.2. The molecule has 0 saturated carbocycles. The Kier molecular flexibility index (Phi) is 5.67. The smallest absolute Gasteiger partial charge is 0.320 e. The number of nitrogens with two attached hydrogens (primary N) is 1. The third-order valence-electron chi connectivity index (χ3n) is 2.53. The van der Waals surface area contributed by atoms with E-state index < -0.39 is 23.6 Å². The zero-order valence-electron chi connectivity index (χ0n) is 9.83. The molecule has 4 N–H and O–H groups in total. The van der Waals surface area contributed by atoms with Gasteiger partial charge in [-0.1, -0.05) is 0 Å². The second-order valence-electron chi connectivity index (χ2n) is 3.97. The Morgan fingerprint density at radius 2 is 2.11 bits per heavy atom. The van der Waals surface area contributed by atoms with E-state index in [2.05, 4.69) is 5.32 Å². The van der Waals surface area contributed by atoms with Crippen LogP contribution in [-0.4, -0.2) is 30.2 Å². The maximum Gasteiger partial charge on any atom is 0.320 e. The lowest BCUT2D eigenvalue weighted by molar-refractivity contribution is -0.138. The first-order valence-corrected chi connectivity index (χ1v) is 5.63. The van der Waals surface area contributed by atoms with E-state index >= 15 is 0 Å². The van der Waals surface area contributed by atoms with Gasteiger partial charge in [-0.05, 0) is 49.7 Å². The first-order valence-electron chi connectivity index (χ1n) is 5.63. The van der Waals surface area contributed by atoms with Crippen molar-refractivity contribution in [1.29, 1.82) is 0 Å². The molecule has 0 aliphatic rings. The highest BCUT2D eigenvalue weighted by Gasteiger charge is 2.10. The number of aliphatic carboxylic acids is 1. The van der Waals surface area contributed by atoms with Crippen molar-refractivity contribution in [2.24, 2.45) is 5.73 Å². The van der Waals surface area contributed by atoms with E-state index in [1.807, 2.05) is 0 Å². The van der Waals surface area contributed by atoms with Crippen molar-refractivity contribution < 1.29 is 18.7 Å². The molecule has 0 aliphatic carbocycles. The summed E-state index contributed by atoms with van der Waals surface area (Å²) in [5.41, 5.74) is 5.60. The van der Waals surface area contributed by atoms with Crippen LogP contribution in [0, 0.1) is 11.6 Å². The highest BCUT2D eigenvalue weighted by atomic mass is 19.1. The molecule has 1 rings (SSSR count). The summed E-state index contributed by atoms with van der Waals surface area (Å²) in [6.45, 7) is 0.858. The van der Waals surface area contributed by atoms with Crippen molar-refractivity contribution >= 4 is 5.97 Å². The van der Waals surface area contributed by atoms with Gasteiger partial charge in [0, 0.05) is 0 Å². The van der Waals surface area contributed by atoms with Crippen molar-refractivity contribution in [2.45, 2.75) is 18.9 Å². The van der Waals surface area contributed by atoms with Crippen molar-refractivity contribution in [2.75, 3.05) is 13.1 Å². The topological polar surface area (TPSA) is 75.3 Å². The number of carboxylic acid groups (broad SMARTS) is 1. The summed E-state index contributed by atoms with van der Waals surface area (Å²) < 4.78 is 26.1. The lowest BCUT2D eigenvalue weighted by Crippen LogP contribution is -2.34. The fraction of sp³-hybridized carbons (Fsp3) is 0.417. The van der Waals surface area contributed by atoms with Gasteiger partial charge in [0.15, 0.2) is 0 Å². The molecule has 0 fully saturated rings. The summed E-state index contributed by atoms with van der Waals surface area (Å²) in [6, 6.07) is 2.41. The van der Waals surface area contributed by atoms with Crippen LogP contribution in [0.1, 0.15) is 12.0 Å². The van der Waals surface area contributed by atoms with E-state index in [1.165, 1.54) is 0 Å². The molecule has 4 nitrogen and oxygen atoms in total. The molecule has 1 unspecified atom stereocenters. The molecule has 6 heteroatoms. The minimum Gasteiger partial charge on any atom is -0.480 e. The molecule has 0 bridgehead atoms. The number of halogens is 2. The summed E-state index contributed by atoms with van der Waals surface area (Å²) >= 11 is 0. The van der Waals surface area contributed by atoms with E-state index in [9.17, 15) is 13.6 Å². The van der Waals surface area contributed by atoms with Crippen LogP contribution in [0.15, 0.2) is 18.2 Å². The van der Waals surface area contributed by atoms with Gasteiger partial charge in [-0.3, -0.25) is 4.79 Å². The van der Waals surface area contributed by atoms with Crippen molar-refractivity contribution in [3.05, 3.63) is 35.4 Å². The van der Waals surface area contributed by atoms with Gasteiger partial charge in [0.2, 0.25) is 0 Å². The zero-order valence-corrected chi connectivity index (χ0v) is 9.83. The number of carboxylic acids is 1. The molecule has 0 aromatic heterocycles. The molecule has 1 atom stereocenters. The number of hydrogen-bond donors (Lipinski definition) is 3. The molecule has 0 spiro atoms. The number of nitrogens with one attached hydrogen (secondary N) is 1. The fourth-order valence-corrected chi connectivity index (χ4v) is 1.46. The van der Waals surface area contributed by atoms with E-state index in [1.54, 1.807) is 0 Å². The Balaban J connectivity index is 2.26. The summed E-state index contributed by atoms with van der Waals surface area (Å²) in [4.78, 5) is 10.4. The maximum absolute atomic E-state index is 13.2. The Bertz CT molecular complexity index is 413. The van der Waals surface area contributed by atoms with Crippen LogP contribution < -0.4 is 11.1 Å². The lowest BCUT2D eigenvalue weighted by Gasteiger charge is -2.08. The van der Waals surface area contributed by atoms with Crippen LogP contribution in [0.3, 0.4) is 0 Å². The second-order valence-corrected chi connectivity index (χ2v) is 3.97. The third kappa shape index (κ3) is 4.77. The van der Waals surface area contributed by atoms with Crippen LogP contribution in [0.25, 0.3) is 0 Å². The number of rotatable bonds is 7. The standard InChI is InChI=1S/C12H16F2N2O2/c13-9-1-2-10(14)8(7-9)3-5-16-6-4-11(15)12(17)18/h1-2,7,11,16H,3-6,15H2,(H,17,18). The van der Waals surface area contributed by atoms with Gasteiger partial charge in [-0.15, -0.1) is 0 Å². The molecule has 0 radical (unpaired) electrons. The molecule has 0 aliphatic heterocycles. The van der Waals surface area contributed by atoms with Gasteiger partial charge in [0.25, 0.3) is 0 Å². The lowest BCUT2D eigenvalue weighted by atomic mass is 10.1. The monoisotopic (exact) mass is 258 g/mol. The van der Waals surface area contributed by atoms with Crippen LogP contribution >= 0.6 is 0 Å². The second kappa shape index (κ2) is 7.03. The van der Waals surface area contributed by atoms with Crippen molar-refractivity contribution in [1.82, 2.24) is 5.32 Å². The first kappa shape index (κ1) is 14.5. The van der Waals surface area contributed by atoms with Gasteiger partial charge >= 0.3 is 5.97 Å². The van der Waals surface area contributed by atoms with E-state index in [0.717, 1.165) is 18.2 Å². The highest BCUT2D eigenvalue weighted by molar-refractivity contribution is 5.72. The normalized spacial score (nSPS) is 12.4. The van der Waals surface area contributed by atoms with Crippen molar-refractivity contribution in [3.63, 3.8) is 0 Å². The number of benzene rings is 1. The molecule has 18 heavy (non-hydrogen) atoms.